The van der Waals surface area contributed by atoms with Crippen LogP contribution >= 0.6 is 11.6 Å². The molecule has 0 aromatic heterocycles. The third-order valence-electron chi connectivity index (χ3n) is 5.68. The molecule has 31 heavy (non-hydrogen) atoms. The zero-order chi connectivity index (χ0) is 21.5. The Labute approximate surface area is 184 Å². The van der Waals surface area contributed by atoms with Gasteiger partial charge in [0.15, 0.2) is 6.10 Å². The quantitative estimate of drug-likeness (QED) is 0.570. The van der Waals surface area contributed by atoms with Crippen LogP contribution in [-0.2, 0) is 14.4 Å². The van der Waals surface area contributed by atoms with Crippen LogP contribution in [0, 0.1) is 5.92 Å². The molecule has 0 bridgehead atoms. The van der Waals surface area contributed by atoms with Crippen molar-refractivity contribution in [2.75, 3.05) is 17.1 Å². The summed E-state index contributed by atoms with van der Waals surface area (Å²) in [5, 5.41) is 2.00. The summed E-state index contributed by atoms with van der Waals surface area (Å²) >= 11 is 6.29. The zero-order valence-corrected chi connectivity index (χ0v) is 17.4. The molecule has 5 rings (SSSR count). The third kappa shape index (κ3) is 3.15. The Hall–Kier alpha value is -3.35. The number of carbonyl (C=O) groups excluding carboxylic acids is 2. The van der Waals surface area contributed by atoms with E-state index < -0.39 is 24.0 Å². The number of benzene rings is 3. The number of rotatable bonds is 4. The molecule has 0 radical (unpaired) electrons. The molecule has 3 aromatic carbocycles. The van der Waals surface area contributed by atoms with Gasteiger partial charge in [-0.05, 0) is 42.0 Å². The second-order valence-corrected chi connectivity index (χ2v) is 7.80. The number of ether oxygens (including phenoxy) is 1. The molecule has 0 spiro atoms. The van der Waals surface area contributed by atoms with Crippen molar-refractivity contribution in [3.8, 4) is 5.75 Å². The molecule has 0 unspecified atom stereocenters. The van der Waals surface area contributed by atoms with E-state index in [0.717, 1.165) is 16.2 Å². The second-order valence-electron chi connectivity index (χ2n) is 7.39. The van der Waals surface area contributed by atoms with Crippen molar-refractivity contribution < 1.29 is 19.2 Å². The zero-order valence-electron chi connectivity index (χ0n) is 16.6. The van der Waals surface area contributed by atoms with Crippen LogP contribution in [0.3, 0.4) is 0 Å². The predicted octanol–water partition coefficient (Wildman–Crippen LogP) is 4.40. The van der Waals surface area contributed by atoms with Gasteiger partial charge in [0.05, 0.1) is 29.5 Å². The van der Waals surface area contributed by atoms with Crippen molar-refractivity contribution in [2.45, 2.75) is 12.1 Å². The van der Waals surface area contributed by atoms with Crippen molar-refractivity contribution in [1.82, 2.24) is 0 Å². The highest BCUT2D eigenvalue weighted by atomic mass is 35.5. The normalized spacial score (nSPS) is 22.7. The lowest BCUT2D eigenvalue weighted by Gasteiger charge is -2.29. The van der Waals surface area contributed by atoms with Crippen LogP contribution in [0.25, 0.3) is 0 Å². The number of nitrogens with zero attached hydrogens (tertiary/aromatic N) is 2. The molecule has 7 heteroatoms. The number of hydroxylamine groups is 1. The molecule has 156 valence electrons. The second kappa shape index (κ2) is 7.72. The van der Waals surface area contributed by atoms with Gasteiger partial charge in [0.25, 0.3) is 5.91 Å². The Morgan fingerprint density at radius 3 is 2.23 bits per heavy atom. The molecule has 0 saturated carbocycles. The minimum absolute atomic E-state index is 0.331. The van der Waals surface area contributed by atoms with Crippen molar-refractivity contribution in [3.05, 3.63) is 89.4 Å². The van der Waals surface area contributed by atoms with E-state index >= 15 is 0 Å². The molecule has 0 N–H and O–H groups in total. The first-order valence-corrected chi connectivity index (χ1v) is 10.3. The first-order chi connectivity index (χ1) is 15.1. The van der Waals surface area contributed by atoms with Gasteiger partial charge in [-0.15, -0.1) is 0 Å². The molecule has 2 aliphatic rings. The number of halogens is 1. The fourth-order valence-corrected chi connectivity index (χ4v) is 4.44. The molecule has 2 heterocycles. The van der Waals surface area contributed by atoms with Crippen LogP contribution in [0.2, 0.25) is 5.02 Å². The van der Waals surface area contributed by atoms with Gasteiger partial charge in [0.1, 0.15) is 11.7 Å². The highest BCUT2D eigenvalue weighted by Gasteiger charge is 2.60. The maximum Gasteiger partial charge on any atom is 0.266 e. The Morgan fingerprint density at radius 2 is 1.55 bits per heavy atom. The molecule has 2 saturated heterocycles. The first kappa shape index (κ1) is 19.6. The summed E-state index contributed by atoms with van der Waals surface area (Å²) in [6.45, 7) is 0. The van der Waals surface area contributed by atoms with E-state index in [0.29, 0.717) is 16.5 Å². The van der Waals surface area contributed by atoms with Crippen molar-refractivity contribution in [2.24, 2.45) is 5.92 Å². The lowest BCUT2D eigenvalue weighted by molar-refractivity contribution is -0.126. The number of hydrogen-bond acceptors (Lipinski definition) is 5. The maximum atomic E-state index is 13.5. The molecule has 6 nitrogen and oxygen atoms in total. The Morgan fingerprint density at radius 1 is 0.871 bits per heavy atom. The standard InChI is InChI=1S/C24H19ClN2O4/c1-30-17-13-11-15(12-14-17)21-20-22(31-27(21)16-7-3-2-4-8-16)24(29)26(23(20)28)19-10-6-5-9-18(19)25/h2-14,20-22H,1H3/t20-,21-,22+/m1/s1. The van der Waals surface area contributed by atoms with Crippen LogP contribution < -0.4 is 14.7 Å². The Bertz CT molecular complexity index is 1140. The van der Waals surface area contributed by atoms with Crippen molar-refractivity contribution in [1.29, 1.82) is 0 Å². The summed E-state index contributed by atoms with van der Waals surface area (Å²) in [5.74, 6) is -0.753. The fourth-order valence-electron chi connectivity index (χ4n) is 4.22. The van der Waals surface area contributed by atoms with E-state index in [-0.39, 0.29) is 5.91 Å². The predicted molar refractivity (Wildman–Crippen MR) is 117 cm³/mol. The Balaban J connectivity index is 1.59. The summed E-state index contributed by atoms with van der Waals surface area (Å²) in [4.78, 5) is 34.1. The SMILES string of the molecule is COc1ccc([C@@H]2[C@H]3C(=O)N(c4ccccc4Cl)C(=O)[C@H]3ON2c2ccccc2)cc1. The lowest BCUT2D eigenvalue weighted by Crippen LogP contribution is -2.37. The van der Waals surface area contributed by atoms with Gasteiger partial charge in [-0.1, -0.05) is 54.1 Å². The fraction of sp³-hybridized carbons (Fsp3) is 0.167. The van der Waals surface area contributed by atoms with Gasteiger partial charge in [-0.25, -0.2) is 9.96 Å². The van der Waals surface area contributed by atoms with Crippen molar-refractivity contribution in [3.63, 3.8) is 0 Å². The number of amides is 2. The summed E-state index contributed by atoms with van der Waals surface area (Å²) < 4.78 is 5.27. The van der Waals surface area contributed by atoms with E-state index in [1.807, 2.05) is 54.6 Å². The van der Waals surface area contributed by atoms with Gasteiger partial charge < -0.3 is 4.74 Å². The molecule has 0 aliphatic carbocycles. The molecule has 2 fully saturated rings. The van der Waals surface area contributed by atoms with Crippen molar-refractivity contribution >= 4 is 34.8 Å². The number of hydrogen-bond donors (Lipinski definition) is 0. The summed E-state index contributed by atoms with van der Waals surface area (Å²) in [5.41, 5.74) is 1.99. The average molecular weight is 435 g/mol. The van der Waals surface area contributed by atoms with Gasteiger partial charge in [0, 0.05) is 0 Å². The minimum atomic E-state index is -0.934. The summed E-state index contributed by atoms with van der Waals surface area (Å²) in [6, 6.07) is 23.2. The maximum absolute atomic E-state index is 13.5. The molecule has 3 aromatic rings. The van der Waals surface area contributed by atoms with Crippen LogP contribution in [0.1, 0.15) is 11.6 Å². The van der Waals surface area contributed by atoms with Crippen LogP contribution in [0.15, 0.2) is 78.9 Å². The lowest BCUT2D eigenvalue weighted by atomic mass is 9.90. The summed E-state index contributed by atoms with van der Waals surface area (Å²) in [7, 11) is 1.60. The highest BCUT2D eigenvalue weighted by Crippen LogP contribution is 2.48. The van der Waals surface area contributed by atoms with E-state index in [1.54, 1.807) is 36.4 Å². The number of methoxy groups -OCH3 is 1. The molecule has 2 aliphatic heterocycles. The molecule has 3 atom stereocenters. The van der Waals surface area contributed by atoms with Crippen LogP contribution in [0.4, 0.5) is 11.4 Å². The molecule has 2 amide bonds. The topological polar surface area (TPSA) is 59.1 Å². The van der Waals surface area contributed by atoms with E-state index in [1.165, 1.54) is 0 Å². The minimum Gasteiger partial charge on any atom is -0.497 e. The van der Waals surface area contributed by atoms with E-state index in [4.69, 9.17) is 21.2 Å². The van der Waals surface area contributed by atoms with E-state index in [9.17, 15) is 9.59 Å². The Kier molecular flexibility index (Phi) is 4.88. The van der Waals surface area contributed by atoms with Gasteiger partial charge >= 0.3 is 0 Å². The van der Waals surface area contributed by atoms with Gasteiger partial charge in [0.2, 0.25) is 5.91 Å². The largest absolute Gasteiger partial charge is 0.497 e. The van der Waals surface area contributed by atoms with Crippen LogP contribution in [0.5, 0.6) is 5.75 Å². The first-order valence-electron chi connectivity index (χ1n) is 9.87. The monoisotopic (exact) mass is 434 g/mol. The van der Waals surface area contributed by atoms with Crippen LogP contribution in [-0.4, -0.2) is 25.0 Å². The number of carbonyl (C=O) groups is 2. The molecular formula is C24H19ClN2O4. The highest BCUT2D eigenvalue weighted by molar-refractivity contribution is 6.36. The average Bonchev–Trinajstić information content (AvgIpc) is 3.31. The van der Waals surface area contributed by atoms with E-state index in [2.05, 4.69) is 0 Å². The molecular weight excluding hydrogens is 416 g/mol. The number of fused-ring (bicyclic) bond motifs is 1. The summed E-state index contributed by atoms with van der Waals surface area (Å²) in [6.07, 6.45) is -0.934. The smallest absolute Gasteiger partial charge is 0.266 e. The third-order valence-corrected chi connectivity index (χ3v) is 6.00. The number of para-hydroxylation sites is 2. The van der Waals surface area contributed by atoms with Gasteiger partial charge in [-0.2, -0.15) is 0 Å². The number of imide groups is 1. The van der Waals surface area contributed by atoms with Gasteiger partial charge in [-0.3, -0.25) is 14.4 Å². The number of anilines is 2.